The van der Waals surface area contributed by atoms with Crippen LogP contribution in [0.15, 0.2) is 84.9 Å². The van der Waals surface area contributed by atoms with Gasteiger partial charge in [-0.25, -0.2) is 9.97 Å². The van der Waals surface area contributed by atoms with Gasteiger partial charge in [-0.15, -0.1) is 0 Å². The maximum Gasteiger partial charge on any atom is 0.251 e. The summed E-state index contributed by atoms with van der Waals surface area (Å²) in [5, 5.41) is 2.95. The van der Waals surface area contributed by atoms with Gasteiger partial charge >= 0.3 is 0 Å². The van der Waals surface area contributed by atoms with Crippen LogP contribution in [0.5, 0.6) is 5.75 Å². The maximum atomic E-state index is 12.4. The molecule has 6 aromatic rings. The minimum atomic E-state index is -0.0778. The highest BCUT2D eigenvalue weighted by atomic mass is 16.5. The number of hydrogen-bond donors (Lipinski definition) is 3. The first-order valence-electron chi connectivity index (χ1n) is 14.7. The van der Waals surface area contributed by atoms with Crippen LogP contribution in [0.3, 0.4) is 0 Å². The predicted octanol–water partition coefficient (Wildman–Crippen LogP) is 6.15. The molecule has 0 bridgehead atoms. The Kier molecular flexibility index (Phi) is 8.67. The lowest BCUT2D eigenvalue weighted by molar-refractivity contribution is 0.0951. The number of aromatic nitrogens is 4. The van der Waals surface area contributed by atoms with E-state index in [2.05, 4.69) is 39.6 Å². The summed E-state index contributed by atoms with van der Waals surface area (Å²) in [6.45, 7) is 2.71. The fourth-order valence-corrected chi connectivity index (χ4v) is 5.03. The molecule has 0 aliphatic rings. The van der Waals surface area contributed by atoms with E-state index in [-0.39, 0.29) is 5.91 Å². The number of nitrogens with zero attached hydrogens (tertiary/aromatic N) is 3. The van der Waals surface area contributed by atoms with E-state index in [4.69, 9.17) is 19.4 Å². The van der Waals surface area contributed by atoms with E-state index in [9.17, 15) is 4.79 Å². The summed E-state index contributed by atoms with van der Waals surface area (Å²) in [5.41, 5.74) is 8.39. The molecular formula is C35H36N6O3. The van der Waals surface area contributed by atoms with Gasteiger partial charge in [0.05, 0.1) is 28.7 Å². The quantitative estimate of drug-likeness (QED) is 0.148. The molecule has 0 aliphatic carbocycles. The van der Waals surface area contributed by atoms with Crippen molar-refractivity contribution >= 4 is 28.0 Å². The second-order valence-corrected chi connectivity index (χ2v) is 11.0. The van der Waals surface area contributed by atoms with Gasteiger partial charge in [-0.2, -0.15) is 0 Å². The van der Waals surface area contributed by atoms with Crippen molar-refractivity contribution in [1.29, 1.82) is 0 Å². The molecule has 224 valence electrons. The summed E-state index contributed by atoms with van der Waals surface area (Å²) in [6.07, 6.45) is 0.853. The molecule has 9 nitrogen and oxygen atoms in total. The highest BCUT2D eigenvalue weighted by molar-refractivity contribution is 5.95. The van der Waals surface area contributed by atoms with Crippen molar-refractivity contribution in [3.63, 3.8) is 0 Å². The fourth-order valence-electron chi connectivity index (χ4n) is 5.03. The molecule has 9 heteroatoms. The van der Waals surface area contributed by atoms with Crippen molar-refractivity contribution in [3.8, 4) is 39.7 Å². The molecule has 0 fully saturated rings. The number of H-pyrrole nitrogens is 2. The van der Waals surface area contributed by atoms with Gasteiger partial charge in [0.2, 0.25) is 0 Å². The molecule has 2 heterocycles. The summed E-state index contributed by atoms with van der Waals surface area (Å²) in [4.78, 5) is 31.0. The molecule has 0 aliphatic heterocycles. The number of hydrogen-bond acceptors (Lipinski definition) is 6. The van der Waals surface area contributed by atoms with Gasteiger partial charge in [0.25, 0.3) is 5.91 Å². The molecule has 0 unspecified atom stereocenters. The van der Waals surface area contributed by atoms with E-state index in [0.29, 0.717) is 25.3 Å². The highest BCUT2D eigenvalue weighted by Gasteiger charge is 2.11. The number of ether oxygens (including phenoxy) is 2. The van der Waals surface area contributed by atoms with Crippen LogP contribution in [0.1, 0.15) is 16.8 Å². The zero-order valence-electron chi connectivity index (χ0n) is 25.2. The lowest BCUT2D eigenvalue weighted by Gasteiger charge is -2.10. The normalized spacial score (nSPS) is 11.5. The van der Waals surface area contributed by atoms with Crippen molar-refractivity contribution < 1.29 is 14.3 Å². The van der Waals surface area contributed by atoms with Crippen LogP contribution in [-0.4, -0.2) is 78.3 Å². The molecule has 6 rings (SSSR count). The van der Waals surface area contributed by atoms with E-state index < -0.39 is 0 Å². The van der Waals surface area contributed by atoms with Crippen molar-refractivity contribution in [2.24, 2.45) is 0 Å². The van der Waals surface area contributed by atoms with Gasteiger partial charge < -0.3 is 29.7 Å². The highest BCUT2D eigenvalue weighted by Crippen LogP contribution is 2.30. The van der Waals surface area contributed by atoms with Crippen molar-refractivity contribution in [1.82, 2.24) is 30.2 Å². The summed E-state index contributed by atoms with van der Waals surface area (Å²) < 4.78 is 10.9. The molecule has 44 heavy (non-hydrogen) atoms. The van der Waals surface area contributed by atoms with Crippen LogP contribution in [-0.2, 0) is 4.74 Å². The lowest BCUT2D eigenvalue weighted by Crippen LogP contribution is -2.31. The molecule has 1 amide bonds. The molecular weight excluding hydrogens is 552 g/mol. The summed E-state index contributed by atoms with van der Waals surface area (Å²) >= 11 is 0. The average Bonchev–Trinajstić information content (AvgIpc) is 3.67. The number of amides is 1. The number of imidazole rings is 2. The number of rotatable bonds is 12. The third kappa shape index (κ3) is 6.64. The third-order valence-corrected chi connectivity index (χ3v) is 7.45. The largest absolute Gasteiger partial charge is 0.494 e. The topological polar surface area (TPSA) is 108 Å². The Bertz CT molecular complexity index is 1870. The van der Waals surface area contributed by atoms with Gasteiger partial charge in [-0.1, -0.05) is 24.3 Å². The van der Waals surface area contributed by atoms with Crippen molar-refractivity contribution in [3.05, 3.63) is 90.5 Å². The van der Waals surface area contributed by atoms with E-state index in [1.165, 1.54) is 0 Å². The van der Waals surface area contributed by atoms with Crippen LogP contribution in [0.25, 0.3) is 56.0 Å². The smallest absolute Gasteiger partial charge is 0.251 e. The number of fused-ring (bicyclic) bond motifs is 2. The Labute approximate surface area is 256 Å². The second-order valence-electron chi connectivity index (χ2n) is 11.0. The van der Waals surface area contributed by atoms with E-state index in [1.807, 2.05) is 79.7 Å². The summed E-state index contributed by atoms with van der Waals surface area (Å²) in [6, 6.07) is 28.0. The molecule has 0 spiro atoms. The second kappa shape index (κ2) is 13.1. The van der Waals surface area contributed by atoms with Crippen LogP contribution in [0, 0.1) is 0 Å². The number of carbonyl (C=O) groups is 1. The number of methoxy groups -OCH3 is 1. The SMILES string of the molecule is COCCCOc1ccc(-c2nc3ccc(-c4ccc5nc(-c6ccc(C(=O)NCCN(C)C)cc6)[nH]c5c4)cc3[nH]2)cc1. The zero-order chi connectivity index (χ0) is 30.5. The van der Waals surface area contributed by atoms with Gasteiger partial charge in [-0.05, 0) is 85.9 Å². The van der Waals surface area contributed by atoms with E-state index >= 15 is 0 Å². The van der Waals surface area contributed by atoms with Gasteiger partial charge in [0, 0.05) is 49.9 Å². The standard InChI is InChI=1S/C35H36N6O3/c1-41(2)18-17-36-35(42)25-7-5-23(6-8-25)33-37-29-15-11-26(21-31(29)39-33)27-12-16-30-32(22-27)40-34(38-30)24-9-13-28(14-10-24)44-20-4-19-43-3/h5-16,21-22H,4,17-20H2,1-3H3,(H,36,42)(H,37,39)(H,38,40). The van der Waals surface area contributed by atoms with Gasteiger partial charge in [0.15, 0.2) is 0 Å². The first kappa shape index (κ1) is 29.1. The maximum absolute atomic E-state index is 12.4. The Hall–Kier alpha value is -4.99. The van der Waals surface area contributed by atoms with E-state index in [0.717, 1.165) is 74.7 Å². The summed E-state index contributed by atoms with van der Waals surface area (Å²) in [5.74, 6) is 2.33. The van der Waals surface area contributed by atoms with Crippen LogP contribution in [0.2, 0.25) is 0 Å². The number of likely N-dealkylation sites (N-methyl/N-ethyl adjacent to an activating group) is 1. The third-order valence-electron chi connectivity index (χ3n) is 7.45. The van der Waals surface area contributed by atoms with Crippen LogP contribution >= 0.6 is 0 Å². The van der Waals surface area contributed by atoms with Crippen molar-refractivity contribution in [2.75, 3.05) is 47.5 Å². The molecule has 2 aromatic heterocycles. The monoisotopic (exact) mass is 588 g/mol. The van der Waals surface area contributed by atoms with Crippen molar-refractivity contribution in [2.45, 2.75) is 6.42 Å². The number of benzene rings is 4. The first-order valence-corrected chi connectivity index (χ1v) is 14.7. The molecule has 3 N–H and O–H groups in total. The molecule has 0 radical (unpaired) electrons. The van der Waals surface area contributed by atoms with Gasteiger partial charge in [-0.3, -0.25) is 4.79 Å². The zero-order valence-corrected chi connectivity index (χ0v) is 25.2. The number of carbonyl (C=O) groups excluding carboxylic acids is 1. The van der Waals surface area contributed by atoms with Gasteiger partial charge in [0.1, 0.15) is 17.4 Å². The average molecular weight is 589 g/mol. The summed E-state index contributed by atoms with van der Waals surface area (Å²) in [7, 11) is 5.66. The first-order chi connectivity index (χ1) is 21.5. The number of nitrogens with one attached hydrogen (secondary N) is 3. The Morgan fingerprint density at radius 3 is 1.84 bits per heavy atom. The minimum absolute atomic E-state index is 0.0778. The van der Waals surface area contributed by atoms with Crippen LogP contribution in [0.4, 0.5) is 0 Å². The molecule has 0 saturated heterocycles. The Balaban J connectivity index is 1.16. The molecule has 0 atom stereocenters. The van der Waals surface area contributed by atoms with E-state index in [1.54, 1.807) is 7.11 Å². The Morgan fingerprint density at radius 2 is 1.30 bits per heavy atom. The fraction of sp³-hybridized carbons (Fsp3) is 0.229. The predicted molar refractivity (Wildman–Crippen MR) is 175 cm³/mol. The molecule has 0 saturated carbocycles. The lowest BCUT2D eigenvalue weighted by atomic mass is 10.0. The van der Waals surface area contributed by atoms with Crippen LogP contribution < -0.4 is 10.1 Å². The minimum Gasteiger partial charge on any atom is -0.494 e. The number of aromatic amines is 2. The Morgan fingerprint density at radius 1 is 0.750 bits per heavy atom. The molecule has 4 aromatic carbocycles.